The number of carbonyl (C=O) groups excluding carboxylic acids is 2. The van der Waals surface area contributed by atoms with E-state index in [2.05, 4.69) is 47.5 Å². The van der Waals surface area contributed by atoms with Gasteiger partial charge < -0.3 is 15.0 Å². The number of benzene rings is 2. The molecule has 2 aromatic rings. The lowest BCUT2D eigenvalue weighted by atomic mass is 9.87. The highest BCUT2D eigenvalue weighted by Gasteiger charge is 2.39. The molecule has 0 unspecified atom stereocenters. The first kappa shape index (κ1) is 21.4. The summed E-state index contributed by atoms with van der Waals surface area (Å²) in [6, 6.07) is 14.4. The Morgan fingerprint density at radius 3 is 2.52 bits per heavy atom. The molecule has 0 radical (unpaired) electrons. The van der Waals surface area contributed by atoms with Gasteiger partial charge in [0.15, 0.2) is 6.10 Å². The fraction of sp³-hybridized carbons (Fsp3) is 0.462. The summed E-state index contributed by atoms with van der Waals surface area (Å²) in [5.41, 5.74) is 4.66. The Labute approximate surface area is 184 Å². The molecule has 1 heterocycles. The van der Waals surface area contributed by atoms with E-state index in [0.29, 0.717) is 18.7 Å². The van der Waals surface area contributed by atoms with Gasteiger partial charge in [-0.15, -0.1) is 0 Å². The Morgan fingerprint density at radius 1 is 1.13 bits per heavy atom. The Kier molecular flexibility index (Phi) is 6.30. The number of ether oxygens (including phenoxy) is 1. The van der Waals surface area contributed by atoms with Crippen molar-refractivity contribution >= 4 is 11.8 Å². The molecular weight excluding hydrogens is 388 g/mol. The second-order valence-corrected chi connectivity index (χ2v) is 8.64. The summed E-state index contributed by atoms with van der Waals surface area (Å²) in [5, 5.41) is 2.84. The van der Waals surface area contributed by atoms with Gasteiger partial charge in [0, 0.05) is 19.0 Å². The molecule has 0 spiro atoms. The molecule has 0 aromatic heterocycles. The number of aryl methyl sites for hydroxylation is 1. The van der Waals surface area contributed by atoms with Gasteiger partial charge in [0.1, 0.15) is 5.75 Å². The van der Waals surface area contributed by atoms with E-state index >= 15 is 0 Å². The smallest absolute Gasteiger partial charge is 0.261 e. The number of nitrogens with one attached hydrogen (secondary N) is 1. The lowest BCUT2D eigenvalue weighted by Crippen LogP contribution is -2.41. The highest BCUT2D eigenvalue weighted by molar-refractivity contribution is 5.82. The van der Waals surface area contributed by atoms with Crippen LogP contribution in [0.2, 0.25) is 0 Å². The zero-order valence-corrected chi connectivity index (χ0v) is 18.7. The van der Waals surface area contributed by atoms with E-state index in [1.54, 1.807) is 0 Å². The number of hydrogen-bond donors (Lipinski definition) is 1. The monoisotopic (exact) mass is 420 g/mol. The molecule has 164 valence electrons. The number of likely N-dealkylation sites (N-methyl/N-ethyl adjacent to an activating group) is 1. The predicted octanol–water partition coefficient (Wildman–Crippen LogP) is 4.17. The fourth-order valence-corrected chi connectivity index (χ4v) is 4.35. The second-order valence-electron chi connectivity index (χ2n) is 8.64. The van der Waals surface area contributed by atoms with Crippen molar-refractivity contribution in [2.24, 2.45) is 5.92 Å². The van der Waals surface area contributed by atoms with Crippen molar-refractivity contribution in [3.8, 4) is 5.75 Å². The second kappa shape index (κ2) is 9.13. The topological polar surface area (TPSA) is 58.6 Å². The zero-order chi connectivity index (χ0) is 22.0. The molecule has 1 aliphatic carbocycles. The van der Waals surface area contributed by atoms with Crippen molar-refractivity contribution in [1.82, 2.24) is 10.2 Å². The summed E-state index contributed by atoms with van der Waals surface area (Å²) >= 11 is 0. The summed E-state index contributed by atoms with van der Waals surface area (Å²) in [4.78, 5) is 27.5. The van der Waals surface area contributed by atoms with E-state index < -0.39 is 6.10 Å². The molecule has 1 saturated carbocycles. The Balaban J connectivity index is 1.69. The van der Waals surface area contributed by atoms with Crippen molar-refractivity contribution in [2.75, 3.05) is 13.1 Å². The van der Waals surface area contributed by atoms with E-state index in [9.17, 15) is 9.59 Å². The van der Waals surface area contributed by atoms with Crippen molar-refractivity contribution in [3.63, 3.8) is 0 Å². The van der Waals surface area contributed by atoms with Crippen molar-refractivity contribution in [3.05, 3.63) is 64.7 Å². The van der Waals surface area contributed by atoms with Crippen molar-refractivity contribution in [2.45, 2.75) is 58.6 Å². The van der Waals surface area contributed by atoms with Gasteiger partial charge in [-0.3, -0.25) is 9.59 Å². The van der Waals surface area contributed by atoms with Crippen molar-refractivity contribution in [1.29, 1.82) is 0 Å². The minimum Gasteiger partial charge on any atom is -0.481 e. The van der Waals surface area contributed by atoms with Crippen molar-refractivity contribution < 1.29 is 14.3 Å². The quantitative estimate of drug-likeness (QED) is 0.731. The van der Waals surface area contributed by atoms with Crippen LogP contribution in [-0.4, -0.2) is 35.9 Å². The molecule has 2 aliphatic rings. The molecule has 0 bridgehead atoms. The molecule has 31 heavy (non-hydrogen) atoms. The zero-order valence-electron chi connectivity index (χ0n) is 18.7. The summed E-state index contributed by atoms with van der Waals surface area (Å²) in [6.07, 6.45) is 2.90. The van der Waals surface area contributed by atoms with E-state index in [-0.39, 0.29) is 23.8 Å². The van der Waals surface area contributed by atoms with E-state index in [1.165, 1.54) is 11.1 Å². The van der Waals surface area contributed by atoms with Gasteiger partial charge >= 0.3 is 0 Å². The Bertz CT molecular complexity index is 950. The molecule has 2 aromatic carbocycles. The third-order valence-corrected chi connectivity index (χ3v) is 6.24. The average Bonchev–Trinajstić information content (AvgIpc) is 3.62. The van der Waals surface area contributed by atoms with Gasteiger partial charge in [0.2, 0.25) is 5.91 Å². The largest absolute Gasteiger partial charge is 0.481 e. The Morgan fingerprint density at radius 2 is 1.87 bits per heavy atom. The number of rotatable bonds is 7. The lowest BCUT2D eigenvalue weighted by molar-refractivity contribution is -0.134. The fourth-order valence-electron chi connectivity index (χ4n) is 4.35. The average molecular weight is 421 g/mol. The van der Waals surface area contributed by atoms with Crippen LogP contribution < -0.4 is 10.1 Å². The highest BCUT2D eigenvalue weighted by Crippen LogP contribution is 2.41. The molecule has 5 nitrogen and oxygen atoms in total. The minimum absolute atomic E-state index is 0.0941. The van der Waals surface area contributed by atoms with Gasteiger partial charge in [-0.2, -0.15) is 0 Å². The van der Waals surface area contributed by atoms with Crippen LogP contribution in [-0.2, 0) is 16.0 Å². The van der Waals surface area contributed by atoms with Crippen LogP contribution in [0.5, 0.6) is 5.75 Å². The predicted molar refractivity (Wildman–Crippen MR) is 121 cm³/mol. The first-order valence-electron chi connectivity index (χ1n) is 11.5. The third-order valence-electron chi connectivity index (χ3n) is 6.24. The molecule has 1 fully saturated rings. The van der Waals surface area contributed by atoms with Gasteiger partial charge in [0.25, 0.3) is 5.91 Å². The maximum atomic E-state index is 13.1. The molecule has 4 rings (SSSR count). The SMILES string of the molecule is CCNC(=O)[C@H](CC)Oc1ccc2c(c1)[C@H](c1ccc(C)cc1)N(C(=O)C1CC1)CC2. The number of amides is 2. The molecule has 1 aliphatic heterocycles. The van der Waals surface area contributed by atoms with E-state index in [0.717, 1.165) is 36.9 Å². The maximum absolute atomic E-state index is 13.1. The van der Waals surface area contributed by atoms with Gasteiger partial charge in [-0.05, 0) is 68.4 Å². The first-order chi connectivity index (χ1) is 15.0. The molecular formula is C26H32N2O3. The number of carbonyl (C=O) groups is 2. The normalized spacial score (nSPS) is 18.8. The number of nitrogens with zero attached hydrogens (tertiary/aromatic N) is 1. The third kappa shape index (κ3) is 4.60. The summed E-state index contributed by atoms with van der Waals surface area (Å²) < 4.78 is 6.09. The molecule has 2 atom stereocenters. The molecule has 5 heteroatoms. The van der Waals surface area contributed by atoms with Crippen LogP contribution >= 0.6 is 0 Å². The van der Waals surface area contributed by atoms with Gasteiger partial charge in [-0.1, -0.05) is 42.8 Å². The minimum atomic E-state index is -0.524. The number of hydrogen-bond acceptors (Lipinski definition) is 3. The van der Waals surface area contributed by atoms with Gasteiger partial charge in [-0.25, -0.2) is 0 Å². The lowest BCUT2D eigenvalue weighted by Gasteiger charge is -2.38. The Hall–Kier alpha value is -2.82. The molecule has 1 N–H and O–H groups in total. The highest BCUT2D eigenvalue weighted by atomic mass is 16.5. The van der Waals surface area contributed by atoms with E-state index in [4.69, 9.17) is 4.74 Å². The standard InChI is InChI=1S/C26H32N2O3/c1-4-23(25(29)27-5-2)31-21-13-12-18-14-15-28(26(30)20-10-11-20)24(22(18)16-21)19-8-6-17(3)7-9-19/h6-9,12-13,16,20,23-24H,4-5,10-11,14-15H2,1-3H3,(H,27,29)/t23-,24-/m0/s1. The van der Waals surface area contributed by atoms with E-state index in [1.807, 2.05) is 26.0 Å². The summed E-state index contributed by atoms with van der Waals surface area (Å²) in [5.74, 6) is 1.02. The van der Waals surface area contributed by atoms with Crippen LogP contribution in [0.15, 0.2) is 42.5 Å². The van der Waals surface area contributed by atoms with Crippen LogP contribution in [0.4, 0.5) is 0 Å². The van der Waals surface area contributed by atoms with Crippen LogP contribution in [0.1, 0.15) is 61.4 Å². The van der Waals surface area contributed by atoms with Crippen LogP contribution in [0, 0.1) is 12.8 Å². The first-order valence-corrected chi connectivity index (χ1v) is 11.5. The maximum Gasteiger partial charge on any atom is 0.261 e. The number of fused-ring (bicyclic) bond motifs is 1. The van der Waals surface area contributed by atoms with Crippen LogP contribution in [0.25, 0.3) is 0 Å². The molecule has 0 saturated heterocycles. The molecule has 2 amide bonds. The summed E-state index contributed by atoms with van der Waals surface area (Å²) in [6.45, 7) is 7.24. The van der Waals surface area contributed by atoms with Gasteiger partial charge in [0.05, 0.1) is 6.04 Å². The summed E-state index contributed by atoms with van der Waals surface area (Å²) in [7, 11) is 0. The van der Waals surface area contributed by atoms with Crippen LogP contribution in [0.3, 0.4) is 0 Å².